The van der Waals surface area contributed by atoms with Crippen molar-refractivity contribution in [3.8, 4) is 0 Å². The van der Waals surface area contributed by atoms with Crippen molar-refractivity contribution in [3.63, 3.8) is 0 Å². The molecule has 2 aromatic rings. The van der Waals surface area contributed by atoms with Crippen LogP contribution >= 0.6 is 0 Å². The summed E-state index contributed by atoms with van der Waals surface area (Å²) in [6.07, 6.45) is 6.18. The first-order chi connectivity index (χ1) is 8.36. The molecule has 2 rings (SSSR count). The maximum atomic E-state index is 3.57. The third kappa shape index (κ3) is 2.68. The van der Waals surface area contributed by atoms with Crippen LogP contribution in [0.15, 0.2) is 24.3 Å². The molecular weight excluding hydrogens is 208 g/mol. The summed E-state index contributed by atoms with van der Waals surface area (Å²) in [6.45, 7) is 5.64. The number of aromatic amines is 1. The van der Waals surface area contributed by atoms with Gasteiger partial charge in [-0.3, -0.25) is 0 Å². The Bertz CT molecular complexity index is 471. The minimum Gasteiger partial charge on any atom is -0.241 e. The molecule has 2 nitrogen and oxygen atoms in total. The lowest BCUT2D eigenvalue weighted by atomic mass is 10.2. The fourth-order valence-corrected chi connectivity index (χ4v) is 2.30. The summed E-state index contributed by atoms with van der Waals surface area (Å²) < 4.78 is 2.47. The van der Waals surface area contributed by atoms with Gasteiger partial charge in [-0.05, 0) is 25.0 Å². The number of hydrogen-bond donors (Lipinski definition) is 1. The van der Waals surface area contributed by atoms with Gasteiger partial charge in [-0.1, -0.05) is 38.8 Å². The third-order valence-electron chi connectivity index (χ3n) is 3.30. The van der Waals surface area contributed by atoms with E-state index in [0.29, 0.717) is 0 Å². The van der Waals surface area contributed by atoms with Crippen LogP contribution in [-0.4, -0.2) is 4.98 Å². The summed E-state index contributed by atoms with van der Waals surface area (Å²) in [6, 6.07) is 8.62. The highest BCUT2D eigenvalue weighted by atomic mass is 15.1. The Labute approximate surface area is 104 Å². The first-order valence-electron chi connectivity index (χ1n) is 6.86. The van der Waals surface area contributed by atoms with E-state index in [0.717, 1.165) is 13.0 Å². The van der Waals surface area contributed by atoms with Crippen molar-refractivity contribution in [2.45, 2.75) is 52.5 Å². The smallest absolute Gasteiger partial charge is 0.241 e. The minimum absolute atomic E-state index is 1.14. The molecule has 1 aromatic heterocycles. The number of aromatic nitrogens is 2. The first-order valence-corrected chi connectivity index (χ1v) is 6.86. The van der Waals surface area contributed by atoms with Gasteiger partial charge in [0.1, 0.15) is 0 Å². The molecule has 0 aliphatic rings. The van der Waals surface area contributed by atoms with E-state index in [-0.39, 0.29) is 0 Å². The molecule has 0 unspecified atom stereocenters. The molecule has 92 valence electrons. The van der Waals surface area contributed by atoms with Crippen molar-refractivity contribution in [1.29, 1.82) is 0 Å². The lowest BCUT2D eigenvalue weighted by Crippen LogP contribution is -2.37. The second-order valence-electron chi connectivity index (χ2n) is 4.70. The molecule has 1 heterocycles. The van der Waals surface area contributed by atoms with E-state index < -0.39 is 0 Å². The zero-order valence-corrected chi connectivity index (χ0v) is 11.0. The molecule has 0 radical (unpaired) electrons. The molecule has 1 N–H and O–H groups in total. The largest absolute Gasteiger partial charge is 0.255 e. The zero-order valence-electron chi connectivity index (χ0n) is 11.0. The predicted molar refractivity (Wildman–Crippen MR) is 72.0 cm³/mol. The topological polar surface area (TPSA) is 19.7 Å². The molecule has 0 bridgehead atoms. The lowest BCUT2D eigenvalue weighted by Gasteiger charge is -2.00. The monoisotopic (exact) mass is 231 g/mol. The van der Waals surface area contributed by atoms with Crippen molar-refractivity contribution in [2.75, 3.05) is 0 Å². The number of H-pyrrole nitrogens is 1. The van der Waals surface area contributed by atoms with Crippen LogP contribution < -0.4 is 4.57 Å². The van der Waals surface area contributed by atoms with Crippen LogP contribution in [0, 0.1) is 0 Å². The Morgan fingerprint density at radius 2 is 1.82 bits per heavy atom. The molecule has 2 heteroatoms. The van der Waals surface area contributed by atoms with Gasteiger partial charge >= 0.3 is 0 Å². The van der Waals surface area contributed by atoms with E-state index >= 15 is 0 Å². The summed E-state index contributed by atoms with van der Waals surface area (Å²) in [4.78, 5) is 3.57. The highest BCUT2D eigenvalue weighted by Gasteiger charge is 2.16. The maximum absolute atomic E-state index is 3.57. The summed E-state index contributed by atoms with van der Waals surface area (Å²) in [5.74, 6) is 1.39. The molecule has 0 atom stereocenters. The maximum Gasteiger partial charge on any atom is 0.255 e. The number of unbranched alkanes of at least 4 members (excludes halogenated alkanes) is 2. The van der Waals surface area contributed by atoms with Gasteiger partial charge in [0.25, 0.3) is 5.82 Å². The molecular formula is C15H23N2+. The van der Waals surface area contributed by atoms with Gasteiger partial charge in [0.05, 0.1) is 6.54 Å². The van der Waals surface area contributed by atoms with Crippen molar-refractivity contribution < 1.29 is 4.57 Å². The van der Waals surface area contributed by atoms with Crippen LogP contribution in [-0.2, 0) is 13.0 Å². The van der Waals surface area contributed by atoms with E-state index in [1.165, 1.54) is 42.5 Å². The van der Waals surface area contributed by atoms with Gasteiger partial charge in [0, 0.05) is 6.42 Å². The fourth-order valence-electron chi connectivity index (χ4n) is 2.30. The molecule has 17 heavy (non-hydrogen) atoms. The normalized spacial score (nSPS) is 11.2. The van der Waals surface area contributed by atoms with Gasteiger partial charge in [0.2, 0.25) is 0 Å². The molecule has 0 saturated carbocycles. The van der Waals surface area contributed by atoms with Crippen molar-refractivity contribution in [2.24, 2.45) is 0 Å². The average Bonchev–Trinajstić information content (AvgIpc) is 2.71. The number of nitrogens with one attached hydrogen (secondary N) is 1. The fraction of sp³-hybridized carbons (Fsp3) is 0.533. The molecule has 1 aromatic carbocycles. The molecule has 0 spiro atoms. The number of para-hydroxylation sites is 2. The summed E-state index contributed by atoms with van der Waals surface area (Å²) in [5.41, 5.74) is 2.63. The van der Waals surface area contributed by atoms with Crippen molar-refractivity contribution in [3.05, 3.63) is 30.1 Å². The Morgan fingerprint density at radius 3 is 2.59 bits per heavy atom. The number of fused-ring (bicyclic) bond motifs is 1. The highest BCUT2D eigenvalue weighted by Crippen LogP contribution is 2.11. The van der Waals surface area contributed by atoms with E-state index in [1.807, 2.05) is 0 Å². The average molecular weight is 231 g/mol. The number of aryl methyl sites for hydroxylation is 2. The number of hydrogen-bond acceptors (Lipinski definition) is 0. The van der Waals surface area contributed by atoms with Crippen molar-refractivity contribution >= 4 is 11.0 Å². The summed E-state index contributed by atoms with van der Waals surface area (Å²) >= 11 is 0. The number of rotatable bonds is 6. The van der Waals surface area contributed by atoms with Crippen LogP contribution in [0.1, 0.15) is 45.4 Å². The van der Waals surface area contributed by atoms with Gasteiger partial charge in [-0.25, -0.2) is 9.55 Å². The van der Waals surface area contributed by atoms with E-state index in [4.69, 9.17) is 0 Å². The highest BCUT2D eigenvalue weighted by molar-refractivity contribution is 5.70. The van der Waals surface area contributed by atoms with Crippen LogP contribution in [0.2, 0.25) is 0 Å². The SMILES string of the molecule is CCCCc1[nH]c2ccccc2[n+]1CCCC. The van der Waals surface area contributed by atoms with Crippen LogP contribution in [0.4, 0.5) is 0 Å². The predicted octanol–water partition coefficient (Wildman–Crippen LogP) is 3.60. The molecule has 0 amide bonds. The van der Waals surface area contributed by atoms with Gasteiger partial charge in [0.15, 0.2) is 11.0 Å². The second-order valence-corrected chi connectivity index (χ2v) is 4.70. The second kappa shape index (κ2) is 5.85. The van der Waals surface area contributed by atoms with E-state index in [2.05, 4.69) is 47.7 Å². The van der Waals surface area contributed by atoms with Crippen molar-refractivity contribution in [1.82, 2.24) is 4.98 Å². The Balaban J connectivity index is 2.34. The Hall–Kier alpha value is -1.31. The minimum atomic E-state index is 1.14. The van der Waals surface area contributed by atoms with Crippen LogP contribution in [0.3, 0.4) is 0 Å². The zero-order chi connectivity index (χ0) is 12.1. The first kappa shape index (κ1) is 12.2. The van der Waals surface area contributed by atoms with Crippen LogP contribution in [0.25, 0.3) is 11.0 Å². The third-order valence-corrected chi connectivity index (χ3v) is 3.30. The Morgan fingerprint density at radius 1 is 1.06 bits per heavy atom. The van der Waals surface area contributed by atoms with E-state index in [1.54, 1.807) is 0 Å². The van der Waals surface area contributed by atoms with E-state index in [9.17, 15) is 0 Å². The molecule has 0 aliphatic heterocycles. The lowest BCUT2D eigenvalue weighted by molar-refractivity contribution is -0.679. The van der Waals surface area contributed by atoms with Gasteiger partial charge < -0.3 is 0 Å². The van der Waals surface area contributed by atoms with Gasteiger partial charge in [-0.15, -0.1) is 0 Å². The van der Waals surface area contributed by atoms with Crippen LogP contribution in [0.5, 0.6) is 0 Å². The Kier molecular flexibility index (Phi) is 4.18. The standard InChI is InChI=1S/C15H22N2/c1-3-5-11-15-16-13-9-7-8-10-14(13)17(15)12-6-4-2/h7-10H,3-6,11-12H2,1-2H3/p+1. The number of imidazole rings is 1. The number of benzene rings is 1. The molecule has 0 aliphatic carbocycles. The summed E-state index contributed by atoms with van der Waals surface area (Å²) in [7, 11) is 0. The molecule has 0 fully saturated rings. The molecule has 0 saturated heterocycles. The number of nitrogens with zero attached hydrogens (tertiary/aromatic N) is 1. The quantitative estimate of drug-likeness (QED) is 0.733. The summed E-state index contributed by atoms with van der Waals surface area (Å²) in [5, 5.41) is 0. The van der Waals surface area contributed by atoms with Gasteiger partial charge in [-0.2, -0.15) is 0 Å².